The number of carbonyl (C=O) groups is 1. The van der Waals surface area contributed by atoms with Crippen LogP contribution in [0.25, 0.3) is 0 Å². The van der Waals surface area contributed by atoms with Crippen molar-refractivity contribution in [2.75, 3.05) is 25.1 Å². The molecule has 18 heavy (non-hydrogen) atoms. The molecule has 0 saturated heterocycles. The van der Waals surface area contributed by atoms with Gasteiger partial charge in [0.25, 0.3) is 5.91 Å². The van der Waals surface area contributed by atoms with Crippen molar-refractivity contribution in [1.29, 1.82) is 0 Å². The van der Waals surface area contributed by atoms with Gasteiger partial charge >= 0.3 is 0 Å². The fourth-order valence-electron chi connectivity index (χ4n) is 1.92. The summed E-state index contributed by atoms with van der Waals surface area (Å²) in [5.41, 5.74) is 0.461. The van der Waals surface area contributed by atoms with Crippen molar-refractivity contribution >= 4 is 11.9 Å². The number of rotatable bonds is 5. The summed E-state index contributed by atoms with van der Waals surface area (Å²) < 4.78 is 7.24. The Bertz CT molecular complexity index is 393. The molecule has 6 nitrogen and oxygen atoms in total. The molecule has 0 aliphatic carbocycles. The number of hydrogen-bond donors (Lipinski definition) is 2. The van der Waals surface area contributed by atoms with Crippen LogP contribution in [0.2, 0.25) is 0 Å². The summed E-state index contributed by atoms with van der Waals surface area (Å²) in [7, 11) is 0. The summed E-state index contributed by atoms with van der Waals surface area (Å²) in [4.78, 5) is 16.2. The van der Waals surface area contributed by atoms with Crippen LogP contribution in [0.5, 0.6) is 0 Å². The zero-order valence-electron chi connectivity index (χ0n) is 10.9. The van der Waals surface area contributed by atoms with Gasteiger partial charge in [0.15, 0.2) is 0 Å². The van der Waals surface area contributed by atoms with Crippen LogP contribution in [0.4, 0.5) is 5.95 Å². The number of imidazole rings is 1. The van der Waals surface area contributed by atoms with Gasteiger partial charge in [-0.05, 0) is 20.3 Å². The van der Waals surface area contributed by atoms with Crippen molar-refractivity contribution in [3.8, 4) is 0 Å². The van der Waals surface area contributed by atoms with Crippen LogP contribution in [-0.2, 0) is 11.3 Å². The molecule has 1 aliphatic rings. The average molecular weight is 252 g/mol. The smallest absolute Gasteiger partial charge is 0.271 e. The second-order valence-corrected chi connectivity index (χ2v) is 4.46. The van der Waals surface area contributed by atoms with E-state index in [4.69, 9.17) is 4.74 Å². The second-order valence-electron chi connectivity index (χ2n) is 4.46. The van der Waals surface area contributed by atoms with Gasteiger partial charge in [-0.1, -0.05) is 0 Å². The Morgan fingerprint density at radius 1 is 1.72 bits per heavy atom. The number of amides is 1. The normalized spacial score (nSPS) is 15.7. The van der Waals surface area contributed by atoms with E-state index in [9.17, 15) is 4.79 Å². The molecule has 0 bridgehead atoms. The van der Waals surface area contributed by atoms with Gasteiger partial charge in [0.1, 0.15) is 5.69 Å². The maximum Gasteiger partial charge on any atom is 0.271 e. The van der Waals surface area contributed by atoms with E-state index in [1.807, 2.05) is 18.4 Å². The first-order valence-electron chi connectivity index (χ1n) is 6.40. The Morgan fingerprint density at radius 2 is 2.56 bits per heavy atom. The van der Waals surface area contributed by atoms with Crippen LogP contribution >= 0.6 is 0 Å². The first kappa shape index (κ1) is 12.9. The van der Waals surface area contributed by atoms with Gasteiger partial charge in [0.2, 0.25) is 5.95 Å². The van der Waals surface area contributed by atoms with Crippen molar-refractivity contribution in [3.05, 3.63) is 11.9 Å². The van der Waals surface area contributed by atoms with Crippen LogP contribution in [-0.4, -0.2) is 41.3 Å². The Balaban J connectivity index is 1.94. The van der Waals surface area contributed by atoms with Gasteiger partial charge in [0, 0.05) is 31.9 Å². The highest BCUT2D eigenvalue weighted by molar-refractivity contribution is 5.92. The number of nitrogens with zero attached hydrogens (tertiary/aromatic N) is 2. The molecule has 0 radical (unpaired) electrons. The summed E-state index contributed by atoms with van der Waals surface area (Å²) in [5, 5.41) is 6.05. The minimum absolute atomic E-state index is 0.0101. The molecule has 1 aliphatic heterocycles. The molecular formula is C12H20N4O2. The van der Waals surface area contributed by atoms with Crippen LogP contribution in [0.15, 0.2) is 6.20 Å². The van der Waals surface area contributed by atoms with E-state index in [0.717, 1.165) is 25.5 Å². The van der Waals surface area contributed by atoms with Crippen LogP contribution in [0.3, 0.4) is 0 Å². The predicted molar refractivity (Wildman–Crippen MR) is 68.8 cm³/mol. The Hall–Kier alpha value is -1.56. The standard InChI is InChI=1S/C12H20N4O2/c1-3-18-8-9(2)14-11(17)10-7-16-6-4-5-13-12(16)15-10/h7,9H,3-6,8H2,1-2H3,(H,13,15)(H,14,17). The molecule has 0 aromatic carbocycles. The van der Waals surface area contributed by atoms with E-state index in [2.05, 4.69) is 15.6 Å². The minimum Gasteiger partial charge on any atom is -0.380 e. The third-order valence-corrected chi connectivity index (χ3v) is 2.82. The quantitative estimate of drug-likeness (QED) is 0.815. The first-order valence-corrected chi connectivity index (χ1v) is 6.40. The third kappa shape index (κ3) is 3.01. The molecule has 2 heterocycles. The van der Waals surface area contributed by atoms with Gasteiger partial charge < -0.3 is 19.9 Å². The highest BCUT2D eigenvalue weighted by Crippen LogP contribution is 2.13. The molecule has 2 rings (SSSR count). The van der Waals surface area contributed by atoms with Crippen molar-refractivity contribution in [2.24, 2.45) is 0 Å². The molecule has 100 valence electrons. The zero-order valence-corrected chi connectivity index (χ0v) is 10.9. The van der Waals surface area contributed by atoms with Crippen LogP contribution in [0.1, 0.15) is 30.8 Å². The first-order chi connectivity index (χ1) is 8.70. The summed E-state index contributed by atoms with van der Waals surface area (Å²) in [6, 6.07) is -0.0101. The number of anilines is 1. The predicted octanol–water partition coefficient (Wildman–Crippen LogP) is 0.853. The molecule has 0 fully saturated rings. The number of nitrogens with one attached hydrogen (secondary N) is 2. The molecule has 0 saturated carbocycles. The highest BCUT2D eigenvalue weighted by Gasteiger charge is 2.17. The number of aryl methyl sites for hydroxylation is 1. The lowest BCUT2D eigenvalue weighted by Crippen LogP contribution is -2.36. The molecule has 2 N–H and O–H groups in total. The molecule has 1 atom stereocenters. The largest absolute Gasteiger partial charge is 0.380 e. The van der Waals surface area contributed by atoms with Crippen molar-refractivity contribution in [2.45, 2.75) is 32.9 Å². The number of carbonyl (C=O) groups excluding carboxylic acids is 1. The highest BCUT2D eigenvalue weighted by atomic mass is 16.5. The van der Waals surface area contributed by atoms with Gasteiger partial charge in [-0.25, -0.2) is 4.98 Å². The SMILES string of the molecule is CCOCC(C)NC(=O)c1cn2c(n1)NCCC2. The Labute approximate surface area is 107 Å². The van der Waals surface area contributed by atoms with E-state index in [1.165, 1.54) is 0 Å². The van der Waals surface area contributed by atoms with E-state index in [0.29, 0.717) is 18.9 Å². The maximum atomic E-state index is 12.0. The number of aromatic nitrogens is 2. The summed E-state index contributed by atoms with van der Waals surface area (Å²) in [6.07, 6.45) is 2.86. The summed E-state index contributed by atoms with van der Waals surface area (Å²) in [6.45, 7) is 6.86. The maximum absolute atomic E-state index is 12.0. The lowest BCUT2D eigenvalue weighted by molar-refractivity contribution is 0.0868. The number of ether oxygens (including phenoxy) is 1. The number of fused-ring (bicyclic) bond motifs is 1. The molecular weight excluding hydrogens is 232 g/mol. The van der Waals surface area contributed by atoms with E-state index in [-0.39, 0.29) is 11.9 Å². The number of hydrogen-bond acceptors (Lipinski definition) is 4. The molecule has 1 aromatic heterocycles. The molecule has 0 spiro atoms. The van der Waals surface area contributed by atoms with Gasteiger partial charge in [-0.2, -0.15) is 0 Å². The summed E-state index contributed by atoms with van der Waals surface area (Å²) in [5.74, 6) is 0.634. The molecule has 1 unspecified atom stereocenters. The minimum atomic E-state index is -0.147. The van der Waals surface area contributed by atoms with E-state index in [1.54, 1.807) is 6.20 Å². The third-order valence-electron chi connectivity index (χ3n) is 2.82. The molecule has 1 aromatic rings. The van der Waals surface area contributed by atoms with E-state index >= 15 is 0 Å². The van der Waals surface area contributed by atoms with Crippen molar-refractivity contribution < 1.29 is 9.53 Å². The lowest BCUT2D eigenvalue weighted by atomic mass is 10.3. The zero-order chi connectivity index (χ0) is 13.0. The topological polar surface area (TPSA) is 68.2 Å². The van der Waals surface area contributed by atoms with Gasteiger partial charge in [-0.3, -0.25) is 4.79 Å². The molecule has 6 heteroatoms. The van der Waals surface area contributed by atoms with Gasteiger partial charge in [0.05, 0.1) is 6.61 Å². The van der Waals surface area contributed by atoms with Crippen LogP contribution in [0, 0.1) is 0 Å². The monoisotopic (exact) mass is 252 g/mol. The van der Waals surface area contributed by atoms with Gasteiger partial charge in [-0.15, -0.1) is 0 Å². The Kier molecular flexibility index (Phi) is 4.19. The lowest BCUT2D eigenvalue weighted by Gasteiger charge is -2.14. The fourth-order valence-corrected chi connectivity index (χ4v) is 1.92. The van der Waals surface area contributed by atoms with Crippen molar-refractivity contribution in [3.63, 3.8) is 0 Å². The van der Waals surface area contributed by atoms with Crippen LogP contribution < -0.4 is 10.6 Å². The fraction of sp³-hybridized carbons (Fsp3) is 0.667. The second kappa shape index (κ2) is 5.86. The van der Waals surface area contributed by atoms with Crippen molar-refractivity contribution in [1.82, 2.24) is 14.9 Å². The Morgan fingerprint density at radius 3 is 3.28 bits per heavy atom. The average Bonchev–Trinajstić information content (AvgIpc) is 2.80. The molecule has 1 amide bonds. The van der Waals surface area contributed by atoms with E-state index < -0.39 is 0 Å². The summed E-state index contributed by atoms with van der Waals surface area (Å²) >= 11 is 0.